The number of nitrogens with zero attached hydrogens (tertiary/aromatic N) is 1. The quantitative estimate of drug-likeness (QED) is 0.571. The second kappa shape index (κ2) is 11.2. The number of halogens is 1. The maximum absolute atomic E-state index is 13.0. The highest BCUT2D eigenvalue weighted by Gasteiger charge is 2.11. The molecule has 1 aromatic heterocycles. The lowest BCUT2D eigenvalue weighted by molar-refractivity contribution is 0.114. The summed E-state index contributed by atoms with van der Waals surface area (Å²) in [6, 6.07) is 6.14. The van der Waals surface area contributed by atoms with Crippen LogP contribution in [-0.2, 0) is 11.3 Å². The Morgan fingerprint density at radius 3 is 2.85 bits per heavy atom. The fourth-order valence-electron chi connectivity index (χ4n) is 3.60. The van der Waals surface area contributed by atoms with Crippen molar-refractivity contribution in [3.63, 3.8) is 0 Å². The smallest absolute Gasteiger partial charge is 0.226 e. The van der Waals surface area contributed by atoms with Gasteiger partial charge in [-0.25, -0.2) is 9.37 Å². The minimum absolute atomic E-state index is 0.264. The summed E-state index contributed by atoms with van der Waals surface area (Å²) >= 11 is 0. The number of benzene rings is 1. The summed E-state index contributed by atoms with van der Waals surface area (Å²) in [5.41, 5.74) is 1.54. The molecular formula is C22H31FN2O2. The fourth-order valence-corrected chi connectivity index (χ4v) is 3.60. The predicted molar refractivity (Wildman–Crippen MR) is 105 cm³/mol. The highest BCUT2D eigenvalue weighted by Crippen LogP contribution is 2.20. The lowest BCUT2D eigenvalue weighted by Gasteiger charge is -2.13. The summed E-state index contributed by atoms with van der Waals surface area (Å²) in [5, 5.41) is 3.55. The van der Waals surface area contributed by atoms with Crippen molar-refractivity contribution in [3.8, 4) is 11.5 Å². The first-order valence-electron chi connectivity index (χ1n) is 10.3. The van der Waals surface area contributed by atoms with Gasteiger partial charge in [0, 0.05) is 12.2 Å². The molecule has 1 aromatic carbocycles. The van der Waals surface area contributed by atoms with Crippen LogP contribution < -0.4 is 5.32 Å². The largest absolute Gasteiger partial charge is 0.444 e. The van der Waals surface area contributed by atoms with Crippen LogP contribution in [0.1, 0.15) is 57.1 Å². The van der Waals surface area contributed by atoms with Crippen LogP contribution in [0.5, 0.6) is 0 Å². The van der Waals surface area contributed by atoms with Gasteiger partial charge in [0.25, 0.3) is 0 Å². The molecule has 2 heterocycles. The Balaban J connectivity index is 1.24. The Morgan fingerprint density at radius 1 is 1.11 bits per heavy atom. The van der Waals surface area contributed by atoms with Gasteiger partial charge in [-0.2, -0.15) is 0 Å². The monoisotopic (exact) mass is 374 g/mol. The molecule has 1 saturated heterocycles. The van der Waals surface area contributed by atoms with Gasteiger partial charge in [0.2, 0.25) is 5.89 Å². The molecule has 148 valence electrons. The van der Waals surface area contributed by atoms with E-state index in [1.54, 1.807) is 18.4 Å². The van der Waals surface area contributed by atoms with Gasteiger partial charge < -0.3 is 14.5 Å². The summed E-state index contributed by atoms with van der Waals surface area (Å²) in [6.07, 6.45) is 12.0. The molecule has 1 aliphatic rings. The zero-order valence-corrected chi connectivity index (χ0v) is 16.1. The van der Waals surface area contributed by atoms with Gasteiger partial charge >= 0.3 is 0 Å². The Kier molecular flexibility index (Phi) is 8.31. The van der Waals surface area contributed by atoms with Gasteiger partial charge in [-0.05, 0) is 69.0 Å². The van der Waals surface area contributed by atoms with Crippen molar-refractivity contribution in [1.29, 1.82) is 0 Å². The molecule has 5 heteroatoms. The Morgan fingerprint density at radius 2 is 1.96 bits per heavy atom. The molecule has 1 aliphatic heterocycles. The van der Waals surface area contributed by atoms with Crippen LogP contribution in [0, 0.1) is 11.7 Å². The summed E-state index contributed by atoms with van der Waals surface area (Å²) in [5.74, 6) is 1.12. The standard InChI is InChI=1S/C22H31FN2O2/c23-20-11-9-19(10-12-20)22-25-21(17-27-22)16-26-14-6-2-1-3-7-18-8-4-5-13-24-15-18/h9-12,17-18,24H,1-8,13-16H2. The van der Waals surface area contributed by atoms with E-state index in [9.17, 15) is 4.39 Å². The van der Waals surface area contributed by atoms with Gasteiger partial charge in [-0.1, -0.05) is 25.7 Å². The minimum atomic E-state index is -0.264. The minimum Gasteiger partial charge on any atom is -0.444 e. The van der Waals surface area contributed by atoms with Crippen molar-refractivity contribution in [2.75, 3.05) is 19.7 Å². The van der Waals surface area contributed by atoms with Crippen LogP contribution in [0.2, 0.25) is 0 Å². The van der Waals surface area contributed by atoms with Gasteiger partial charge in [-0.3, -0.25) is 0 Å². The molecule has 4 nitrogen and oxygen atoms in total. The summed E-state index contributed by atoms with van der Waals surface area (Å²) in [7, 11) is 0. The number of ether oxygens (including phenoxy) is 1. The molecule has 0 saturated carbocycles. The third-order valence-corrected chi connectivity index (χ3v) is 5.19. The van der Waals surface area contributed by atoms with Crippen LogP contribution >= 0.6 is 0 Å². The second-order valence-corrected chi connectivity index (χ2v) is 7.47. The first-order chi connectivity index (χ1) is 13.3. The van der Waals surface area contributed by atoms with E-state index in [-0.39, 0.29) is 5.82 Å². The molecule has 1 unspecified atom stereocenters. The van der Waals surface area contributed by atoms with Crippen LogP contribution in [0.3, 0.4) is 0 Å². The zero-order valence-electron chi connectivity index (χ0n) is 16.1. The second-order valence-electron chi connectivity index (χ2n) is 7.47. The van der Waals surface area contributed by atoms with Gasteiger partial charge in [0.05, 0.1) is 6.61 Å². The van der Waals surface area contributed by atoms with Crippen molar-refractivity contribution in [2.45, 2.75) is 58.0 Å². The number of nitrogens with one attached hydrogen (secondary N) is 1. The van der Waals surface area contributed by atoms with E-state index < -0.39 is 0 Å². The molecule has 0 radical (unpaired) electrons. The normalized spacial score (nSPS) is 17.7. The number of aromatic nitrogens is 1. The maximum atomic E-state index is 13.0. The van der Waals surface area contributed by atoms with Crippen molar-refractivity contribution in [3.05, 3.63) is 42.0 Å². The van der Waals surface area contributed by atoms with Crippen molar-refractivity contribution in [2.24, 2.45) is 5.92 Å². The first-order valence-corrected chi connectivity index (χ1v) is 10.3. The number of oxazole rings is 1. The fraction of sp³-hybridized carbons (Fsp3) is 0.591. The van der Waals surface area contributed by atoms with Crippen molar-refractivity contribution in [1.82, 2.24) is 10.3 Å². The van der Waals surface area contributed by atoms with E-state index in [1.165, 1.54) is 70.2 Å². The molecule has 0 aliphatic carbocycles. The molecular weight excluding hydrogens is 343 g/mol. The van der Waals surface area contributed by atoms with Gasteiger partial charge in [0.1, 0.15) is 17.8 Å². The Bertz CT molecular complexity index is 649. The Hall–Kier alpha value is -1.72. The average molecular weight is 375 g/mol. The van der Waals surface area contributed by atoms with E-state index in [0.717, 1.165) is 30.2 Å². The molecule has 1 N–H and O–H groups in total. The Labute approximate surface area is 161 Å². The first kappa shape index (κ1) is 20.0. The summed E-state index contributed by atoms with van der Waals surface area (Å²) in [4.78, 5) is 4.40. The number of rotatable bonds is 10. The average Bonchev–Trinajstić information content (AvgIpc) is 3.00. The van der Waals surface area contributed by atoms with E-state index >= 15 is 0 Å². The van der Waals surface area contributed by atoms with E-state index in [2.05, 4.69) is 10.3 Å². The van der Waals surface area contributed by atoms with Crippen LogP contribution in [0.25, 0.3) is 11.5 Å². The molecule has 27 heavy (non-hydrogen) atoms. The molecule has 1 fully saturated rings. The lowest BCUT2D eigenvalue weighted by atomic mass is 9.96. The molecule has 0 spiro atoms. The maximum Gasteiger partial charge on any atom is 0.226 e. The van der Waals surface area contributed by atoms with E-state index in [4.69, 9.17) is 9.15 Å². The number of hydrogen-bond donors (Lipinski definition) is 1. The van der Waals surface area contributed by atoms with E-state index in [1.807, 2.05) is 0 Å². The summed E-state index contributed by atoms with van der Waals surface area (Å²) < 4.78 is 24.1. The van der Waals surface area contributed by atoms with Crippen LogP contribution in [0.4, 0.5) is 4.39 Å². The highest BCUT2D eigenvalue weighted by molar-refractivity contribution is 5.52. The van der Waals surface area contributed by atoms with Crippen molar-refractivity contribution < 1.29 is 13.5 Å². The third kappa shape index (κ3) is 7.07. The molecule has 0 bridgehead atoms. The zero-order chi connectivity index (χ0) is 18.7. The molecule has 2 aromatic rings. The SMILES string of the molecule is Fc1ccc(-c2nc(COCCCCCCC3CCCCNC3)co2)cc1. The van der Waals surface area contributed by atoms with Gasteiger partial charge in [-0.15, -0.1) is 0 Å². The predicted octanol–water partition coefficient (Wildman–Crippen LogP) is 5.34. The van der Waals surface area contributed by atoms with Crippen molar-refractivity contribution >= 4 is 0 Å². The molecule has 3 rings (SSSR count). The number of hydrogen-bond acceptors (Lipinski definition) is 4. The third-order valence-electron chi connectivity index (χ3n) is 5.19. The highest BCUT2D eigenvalue weighted by atomic mass is 19.1. The molecule has 1 atom stereocenters. The lowest BCUT2D eigenvalue weighted by Crippen LogP contribution is -2.20. The van der Waals surface area contributed by atoms with Crippen LogP contribution in [0.15, 0.2) is 34.9 Å². The van der Waals surface area contributed by atoms with E-state index in [0.29, 0.717) is 12.5 Å². The summed E-state index contributed by atoms with van der Waals surface area (Å²) in [6.45, 7) is 3.62. The number of unbranched alkanes of at least 4 members (excludes halogenated alkanes) is 3. The molecule has 0 amide bonds. The van der Waals surface area contributed by atoms with Gasteiger partial charge in [0.15, 0.2) is 0 Å². The topological polar surface area (TPSA) is 47.3 Å². The van der Waals surface area contributed by atoms with Crippen LogP contribution in [-0.4, -0.2) is 24.7 Å².